The number of nitrogens with one attached hydrogen (secondary N) is 2. The van der Waals surface area contributed by atoms with Crippen LogP contribution in [0.15, 0.2) is 42.5 Å². The van der Waals surface area contributed by atoms with Crippen molar-refractivity contribution in [1.29, 1.82) is 0 Å². The number of anilines is 1. The highest BCUT2D eigenvalue weighted by Gasteiger charge is 2.35. The van der Waals surface area contributed by atoms with Crippen LogP contribution >= 0.6 is 46.4 Å². The van der Waals surface area contributed by atoms with Gasteiger partial charge in [-0.15, -0.1) is 0 Å². The Bertz CT molecular complexity index is 885. The molecule has 2 N–H and O–H groups in total. The zero-order chi connectivity index (χ0) is 21.1. The Labute approximate surface area is 177 Å². The van der Waals surface area contributed by atoms with Crippen LogP contribution in [0.25, 0.3) is 0 Å². The number of hydrogen-bond acceptors (Lipinski definition) is 6. The van der Waals surface area contributed by atoms with E-state index in [0.29, 0.717) is 10.7 Å². The number of carbonyl (C=O) groups excluding carboxylic acids is 1. The molecule has 0 spiro atoms. The van der Waals surface area contributed by atoms with Crippen LogP contribution in [-0.2, 0) is 0 Å². The lowest BCUT2D eigenvalue weighted by Gasteiger charge is -2.27. The first-order valence-electron chi connectivity index (χ1n) is 7.31. The molecule has 0 radical (unpaired) electrons. The second-order valence-electron chi connectivity index (χ2n) is 5.35. The maximum absolute atomic E-state index is 12.5. The quantitative estimate of drug-likeness (QED) is 0.274. The predicted molar refractivity (Wildman–Crippen MR) is 106 cm³/mol. The highest BCUT2D eigenvalue weighted by Crippen LogP contribution is 2.32. The van der Waals surface area contributed by atoms with Gasteiger partial charge in [0.05, 0.1) is 21.5 Å². The van der Waals surface area contributed by atoms with Gasteiger partial charge in [0.15, 0.2) is 0 Å². The van der Waals surface area contributed by atoms with Crippen LogP contribution in [0.5, 0.6) is 0 Å². The number of benzene rings is 2. The average molecular weight is 468 g/mol. The van der Waals surface area contributed by atoms with Crippen molar-refractivity contribution in [2.24, 2.45) is 0 Å². The number of carbonyl (C=O) groups is 1. The van der Waals surface area contributed by atoms with Gasteiger partial charge in [0.25, 0.3) is 17.3 Å². The Morgan fingerprint density at radius 1 is 0.964 bits per heavy atom. The van der Waals surface area contributed by atoms with Crippen molar-refractivity contribution in [1.82, 2.24) is 5.32 Å². The number of nitro benzene ring substituents is 2. The molecule has 1 amide bonds. The highest BCUT2D eigenvalue weighted by atomic mass is 35.6. The standard InChI is InChI=1S/C15H10Cl4N4O5/c16-9-1-3-10(4-2-9)20-14(15(17,18)19)21-13(24)8-5-11(22(25)26)7-12(6-8)23(27)28/h1-7,14,20H,(H,21,24)/t14-/m0/s1. The van der Waals surface area contributed by atoms with Gasteiger partial charge in [-0.25, -0.2) is 0 Å². The fraction of sp³-hybridized carbons (Fsp3) is 0.133. The molecule has 0 aliphatic rings. The van der Waals surface area contributed by atoms with Crippen molar-refractivity contribution in [2.45, 2.75) is 9.96 Å². The second kappa shape index (κ2) is 8.78. The zero-order valence-electron chi connectivity index (χ0n) is 13.6. The molecule has 0 bridgehead atoms. The summed E-state index contributed by atoms with van der Waals surface area (Å²) in [6.45, 7) is 0. The third-order valence-electron chi connectivity index (χ3n) is 3.34. The van der Waals surface area contributed by atoms with Crippen molar-refractivity contribution in [3.63, 3.8) is 0 Å². The van der Waals surface area contributed by atoms with Gasteiger partial charge < -0.3 is 10.6 Å². The molecule has 0 saturated heterocycles. The lowest BCUT2D eigenvalue weighted by molar-refractivity contribution is -0.394. The molecule has 2 aromatic carbocycles. The third kappa shape index (κ3) is 5.83. The Kier molecular flexibility index (Phi) is 6.89. The first kappa shape index (κ1) is 22.0. The Balaban J connectivity index is 2.31. The van der Waals surface area contributed by atoms with E-state index in [4.69, 9.17) is 46.4 Å². The van der Waals surface area contributed by atoms with Gasteiger partial charge in [-0.1, -0.05) is 46.4 Å². The van der Waals surface area contributed by atoms with Crippen LogP contribution in [-0.4, -0.2) is 25.7 Å². The van der Waals surface area contributed by atoms with Gasteiger partial charge in [0.2, 0.25) is 3.79 Å². The molecule has 0 aliphatic heterocycles. The molecule has 1 atom stereocenters. The predicted octanol–water partition coefficient (Wildman–Crippen LogP) is 4.69. The molecule has 0 aliphatic carbocycles. The molecule has 148 valence electrons. The smallest absolute Gasteiger partial charge is 0.277 e. The lowest BCUT2D eigenvalue weighted by atomic mass is 10.1. The normalized spacial score (nSPS) is 12.1. The summed E-state index contributed by atoms with van der Waals surface area (Å²) in [6, 6.07) is 8.73. The summed E-state index contributed by atoms with van der Waals surface area (Å²) in [4.78, 5) is 32.7. The monoisotopic (exact) mass is 466 g/mol. The number of halogens is 4. The zero-order valence-corrected chi connectivity index (χ0v) is 16.6. The lowest BCUT2D eigenvalue weighted by Crippen LogP contribution is -2.49. The van der Waals surface area contributed by atoms with Crippen LogP contribution in [0.1, 0.15) is 10.4 Å². The summed E-state index contributed by atoms with van der Waals surface area (Å²) < 4.78 is -2.03. The van der Waals surface area contributed by atoms with E-state index in [-0.39, 0.29) is 5.56 Å². The van der Waals surface area contributed by atoms with Gasteiger partial charge in [-0.05, 0) is 24.3 Å². The van der Waals surface area contributed by atoms with Gasteiger partial charge in [0.1, 0.15) is 6.17 Å². The van der Waals surface area contributed by atoms with E-state index in [9.17, 15) is 25.0 Å². The van der Waals surface area contributed by atoms with Crippen molar-refractivity contribution in [3.05, 3.63) is 73.3 Å². The number of nitro groups is 2. The molecule has 28 heavy (non-hydrogen) atoms. The first-order chi connectivity index (χ1) is 13.0. The van der Waals surface area contributed by atoms with Crippen molar-refractivity contribution >= 4 is 69.4 Å². The Hall–Kier alpha value is -2.33. The molecule has 13 heteroatoms. The van der Waals surface area contributed by atoms with Crippen LogP contribution in [0.2, 0.25) is 5.02 Å². The topological polar surface area (TPSA) is 127 Å². The van der Waals surface area contributed by atoms with Crippen LogP contribution in [0.4, 0.5) is 17.1 Å². The summed E-state index contributed by atoms with van der Waals surface area (Å²) in [5, 5.41) is 27.5. The molecule has 0 saturated carbocycles. The maximum Gasteiger partial charge on any atom is 0.277 e. The minimum absolute atomic E-state index is 0.349. The van der Waals surface area contributed by atoms with E-state index in [1.807, 2.05) is 0 Å². The van der Waals surface area contributed by atoms with E-state index in [1.165, 1.54) is 0 Å². The largest absolute Gasteiger partial charge is 0.362 e. The number of nitrogens with zero attached hydrogens (tertiary/aromatic N) is 2. The Morgan fingerprint density at radius 2 is 1.46 bits per heavy atom. The Morgan fingerprint density at radius 3 is 1.89 bits per heavy atom. The minimum atomic E-state index is -2.03. The van der Waals surface area contributed by atoms with Gasteiger partial charge in [-0.2, -0.15) is 0 Å². The maximum atomic E-state index is 12.5. The fourth-order valence-electron chi connectivity index (χ4n) is 2.06. The molecular weight excluding hydrogens is 458 g/mol. The minimum Gasteiger partial charge on any atom is -0.362 e. The molecular formula is C15H10Cl4N4O5. The van der Waals surface area contributed by atoms with Crippen molar-refractivity contribution in [2.75, 3.05) is 5.32 Å². The van der Waals surface area contributed by atoms with Crippen LogP contribution < -0.4 is 10.6 Å². The molecule has 0 aromatic heterocycles. The van der Waals surface area contributed by atoms with E-state index in [0.717, 1.165) is 18.2 Å². The van der Waals surface area contributed by atoms with Crippen molar-refractivity contribution in [3.8, 4) is 0 Å². The fourth-order valence-corrected chi connectivity index (χ4v) is 2.52. The third-order valence-corrected chi connectivity index (χ3v) is 4.25. The van der Waals surface area contributed by atoms with Gasteiger partial charge in [-0.3, -0.25) is 25.0 Å². The summed E-state index contributed by atoms with van der Waals surface area (Å²) in [7, 11) is 0. The van der Waals surface area contributed by atoms with Crippen molar-refractivity contribution < 1.29 is 14.6 Å². The van der Waals surface area contributed by atoms with Gasteiger partial charge >= 0.3 is 0 Å². The molecule has 2 aromatic rings. The van der Waals surface area contributed by atoms with E-state index >= 15 is 0 Å². The summed E-state index contributed by atoms with van der Waals surface area (Å²) in [5.74, 6) is -0.926. The van der Waals surface area contributed by atoms with E-state index in [2.05, 4.69) is 10.6 Å². The number of alkyl halides is 3. The molecule has 0 unspecified atom stereocenters. The number of rotatable bonds is 6. The average Bonchev–Trinajstić information content (AvgIpc) is 2.61. The van der Waals surface area contributed by atoms with Gasteiger partial charge in [0, 0.05) is 22.8 Å². The number of non-ortho nitro benzene ring substituents is 2. The molecule has 9 nitrogen and oxygen atoms in total. The summed E-state index contributed by atoms with van der Waals surface area (Å²) >= 11 is 23.5. The molecule has 2 rings (SSSR count). The second-order valence-corrected chi connectivity index (χ2v) is 8.16. The SMILES string of the molecule is O=C(N[C@H](Nc1ccc(Cl)cc1)C(Cl)(Cl)Cl)c1cc([N+](=O)[O-])cc([N+](=O)[O-])c1. The number of hydrogen-bond donors (Lipinski definition) is 2. The van der Waals surface area contributed by atoms with E-state index in [1.54, 1.807) is 24.3 Å². The first-order valence-corrected chi connectivity index (χ1v) is 8.82. The number of amides is 1. The summed E-state index contributed by atoms with van der Waals surface area (Å²) in [6.07, 6.45) is -1.27. The van der Waals surface area contributed by atoms with Crippen LogP contribution in [0, 0.1) is 20.2 Å². The molecule has 0 fully saturated rings. The highest BCUT2D eigenvalue weighted by molar-refractivity contribution is 6.68. The molecule has 0 heterocycles. The van der Waals surface area contributed by atoms with E-state index < -0.39 is 37.1 Å². The summed E-state index contributed by atoms with van der Waals surface area (Å²) in [5.41, 5.74) is -1.16. The van der Waals surface area contributed by atoms with Crippen LogP contribution in [0.3, 0.4) is 0 Å².